The number of anilines is 3. The van der Waals surface area contributed by atoms with Gasteiger partial charge in [0.05, 0.1) is 6.54 Å². The van der Waals surface area contributed by atoms with Crippen LogP contribution in [0.4, 0.5) is 26.4 Å². The van der Waals surface area contributed by atoms with Gasteiger partial charge in [-0.25, -0.2) is 14.2 Å². The van der Waals surface area contributed by atoms with Gasteiger partial charge in [-0.05, 0) is 67.8 Å². The van der Waals surface area contributed by atoms with E-state index in [9.17, 15) is 9.18 Å². The number of carbonyl (C=O) groups excluding carboxylic acids is 1. The summed E-state index contributed by atoms with van der Waals surface area (Å²) in [4.78, 5) is 21.0. The van der Waals surface area contributed by atoms with E-state index in [0.717, 1.165) is 35.6 Å². The van der Waals surface area contributed by atoms with Crippen molar-refractivity contribution in [2.75, 3.05) is 41.4 Å². The molecule has 1 N–H and O–H groups in total. The summed E-state index contributed by atoms with van der Waals surface area (Å²) in [6.45, 7) is 6.53. The molecular weight excluding hydrogens is 407 g/mol. The Hall–Kier alpha value is -3.61. The van der Waals surface area contributed by atoms with Crippen molar-refractivity contribution >= 4 is 23.2 Å². The summed E-state index contributed by atoms with van der Waals surface area (Å²) in [6, 6.07) is 16.0. The van der Waals surface area contributed by atoms with E-state index in [4.69, 9.17) is 4.74 Å². The lowest BCUT2D eigenvalue weighted by Crippen LogP contribution is -2.41. The Morgan fingerprint density at radius 2 is 1.91 bits per heavy atom. The van der Waals surface area contributed by atoms with Crippen LogP contribution in [-0.4, -0.2) is 37.3 Å². The first-order chi connectivity index (χ1) is 15.6. The third-order valence-corrected chi connectivity index (χ3v) is 5.47. The number of nitrogens with one attached hydrogen (secondary N) is 1. The zero-order valence-corrected chi connectivity index (χ0v) is 18.3. The largest absolute Gasteiger partial charge is 0.488 e. The lowest BCUT2D eigenvalue weighted by atomic mass is 10.0. The summed E-state index contributed by atoms with van der Waals surface area (Å²) in [5.74, 6) is 0.782. The molecule has 0 saturated carbocycles. The minimum absolute atomic E-state index is 0.254. The zero-order chi connectivity index (χ0) is 22.5. The van der Waals surface area contributed by atoms with Gasteiger partial charge in [0.15, 0.2) is 11.6 Å². The van der Waals surface area contributed by atoms with Crippen molar-refractivity contribution in [1.82, 2.24) is 4.98 Å². The van der Waals surface area contributed by atoms with Gasteiger partial charge in [-0.1, -0.05) is 18.2 Å². The highest BCUT2D eigenvalue weighted by Gasteiger charge is 2.25. The predicted octanol–water partition coefficient (Wildman–Crippen LogP) is 5.09. The van der Waals surface area contributed by atoms with Crippen molar-refractivity contribution in [1.29, 1.82) is 0 Å². The number of ether oxygens (including phenoxy) is 1. The minimum Gasteiger partial charge on any atom is -0.488 e. The average Bonchev–Trinajstić information content (AvgIpc) is 2.79. The molecule has 0 fully saturated rings. The maximum absolute atomic E-state index is 14.2. The number of para-hydroxylation sites is 1. The third kappa shape index (κ3) is 4.82. The maximum Gasteiger partial charge on any atom is 0.327 e. The van der Waals surface area contributed by atoms with Crippen molar-refractivity contribution < 1.29 is 13.9 Å². The number of pyridine rings is 1. The summed E-state index contributed by atoms with van der Waals surface area (Å²) in [7, 11) is 0. The summed E-state index contributed by atoms with van der Waals surface area (Å²) >= 11 is 0. The second-order valence-corrected chi connectivity index (χ2v) is 7.63. The second kappa shape index (κ2) is 9.68. The number of halogens is 1. The number of rotatable bonds is 6. The van der Waals surface area contributed by atoms with E-state index in [2.05, 4.69) is 29.0 Å². The van der Waals surface area contributed by atoms with Crippen molar-refractivity contribution in [3.8, 4) is 5.75 Å². The molecule has 6 nitrogen and oxygen atoms in total. The molecule has 32 heavy (non-hydrogen) atoms. The van der Waals surface area contributed by atoms with Crippen LogP contribution in [0, 0.1) is 5.82 Å². The van der Waals surface area contributed by atoms with Gasteiger partial charge in [-0.3, -0.25) is 4.90 Å². The predicted molar refractivity (Wildman–Crippen MR) is 125 cm³/mol. The molecule has 4 rings (SSSR count). The smallest absolute Gasteiger partial charge is 0.327 e. The van der Waals surface area contributed by atoms with E-state index in [1.54, 1.807) is 23.2 Å². The lowest BCUT2D eigenvalue weighted by molar-refractivity contribution is 0.249. The van der Waals surface area contributed by atoms with Gasteiger partial charge in [0, 0.05) is 30.7 Å². The summed E-state index contributed by atoms with van der Waals surface area (Å²) < 4.78 is 20.0. The summed E-state index contributed by atoms with van der Waals surface area (Å²) in [5, 5.41) is 2.89. The Balaban J connectivity index is 1.53. The van der Waals surface area contributed by atoms with Crippen LogP contribution in [0.2, 0.25) is 0 Å². The molecular formula is C25H27FN4O2. The molecule has 7 heteroatoms. The molecule has 0 spiro atoms. The van der Waals surface area contributed by atoms with Crippen molar-refractivity contribution in [2.24, 2.45) is 0 Å². The number of aromatic nitrogens is 1. The molecule has 0 atom stereocenters. The fraction of sp³-hybridized carbons (Fsp3) is 0.280. The second-order valence-electron chi connectivity index (χ2n) is 7.63. The van der Waals surface area contributed by atoms with Crippen molar-refractivity contribution in [2.45, 2.75) is 20.3 Å². The first kappa shape index (κ1) is 21.6. The Bertz CT molecular complexity index is 1090. The molecule has 1 aliphatic heterocycles. The van der Waals surface area contributed by atoms with Crippen LogP contribution >= 0.6 is 0 Å². The third-order valence-electron chi connectivity index (χ3n) is 5.47. The average molecular weight is 435 g/mol. The summed E-state index contributed by atoms with van der Waals surface area (Å²) in [5.41, 5.74) is 3.35. The first-order valence-electron chi connectivity index (χ1n) is 10.9. The molecule has 2 aromatic carbocycles. The van der Waals surface area contributed by atoms with E-state index < -0.39 is 0 Å². The van der Waals surface area contributed by atoms with Crippen LogP contribution in [0.1, 0.15) is 25.0 Å². The molecule has 1 aliphatic rings. The van der Waals surface area contributed by atoms with Crippen LogP contribution in [0.5, 0.6) is 5.75 Å². The minimum atomic E-state index is -0.255. The van der Waals surface area contributed by atoms with E-state index >= 15 is 0 Å². The SMILES string of the molecule is CCN(CC)c1cc(F)cc(Cc2cnc3c(c2)OCCN3C(=O)Nc2ccccc2)c1. The van der Waals surface area contributed by atoms with Crippen LogP contribution in [0.25, 0.3) is 0 Å². The van der Waals surface area contributed by atoms with Gasteiger partial charge < -0.3 is 15.0 Å². The van der Waals surface area contributed by atoms with Gasteiger partial charge in [0.1, 0.15) is 12.4 Å². The Kier molecular flexibility index (Phi) is 6.54. The fourth-order valence-corrected chi connectivity index (χ4v) is 3.89. The van der Waals surface area contributed by atoms with Gasteiger partial charge >= 0.3 is 6.03 Å². The molecule has 0 unspecified atom stereocenters. The molecule has 0 aliphatic carbocycles. The highest BCUT2D eigenvalue weighted by atomic mass is 19.1. The highest BCUT2D eigenvalue weighted by Crippen LogP contribution is 2.31. The quantitative estimate of drug-likeness (QED) is 0.587. The monoisotopic (exact) mass is 434 g/mol. The maximum atomic E-state index is 14.2. The molecule has 2 amide bonds. The standard InChI is InChI=1S/C25H27FN4O2/c1-3-29(4-2)22-14-18(13-20(26)16-22)12-19-15-23-24(27-17-19)30(10-11-32-23)25(31)28-21-8-6-5-7-9-21/h5-9,13-17H,3-4,10-12H2,1-2H3,(H,28,31). The number of fused-ring (bicyclic) bond motifs is 1. The number of amides is 2. The van der Waals surface area contributed by atoms with E-state index in [1.807, 2.05) is 42.5 Å². The van der Waals surface area contributed by atoms with Crippen LogP contribution in [-0.2, 0) is 6.42 Å². The number of hydrogen-bond acceptors (Lipinski definition) is 4. The van der Waals surface area contributed by atoms with Crippen molar-refractivity contribution in [3.05, 3.63) is 77.7 Å². The molecule has 0 bridgehead atoms. The number of benzene rings is 2. The molecule has 1 aromatic heterocycles. The lowest BCUT2D eigenvalue weighted by Gasteiger charge is -2.28. The normalized spacial score (nSPS) is 12.7. The molecule has 166 valence electrons. The topological polar surface area (TPSA) is 57.7 Å². The van der Waals surface area contributed by atoms with E-state index in [0.29, 0.717) is 31.1 Å². The Morgan fingerprint density at radius 1 is 1.12 bits per heavy atom. The number of nitrogens with zero attached hydrogens (tertiary/aromatic N) is 3. The summed E-state index contributed by atoms with van der Waals surface area (Å²) in [6.07, 6.45) is 2.24. The number of carbonyl (C=O) groups is 1. The molecule has 3 aromatic rings. The van der Waals surface area contributed by atoms with Crippen molar-refractivity contribution in [3.63, 3.8) is 0 Å². The Labute approximate surface area is 187 Å². The first-order valence-corrected chi connectivity index (χ1v) is 10.9. The zero-order valence-electron chi connectivity index (χ0n) is 18.3. The van der Waals surface area contributed by atoms with Crippen LogP contribution < -0.4 is 19.9 Å². The number of urea groups is 1. The van der Waals surface area contributed by atoms with E-state index in [1.165, 1.54) is 0 Å². The Morgan fingerprint density at radius 3 is 2.66 bits per heavy atom. The van der Waals surface area contributed by atoms with E-state index in [-0.39, 0.29) is 11.8 Å². The van der Waals surface area contributed by atoms with Crippen LogP contribution in [0.15, 0.2) is 60.8 Å². The van der Waals surface area contributed by atoms with Gasteiger partial charge in [-0.2, -0.15) is 0 Å². The molecule has 2 heterocycles. The van der Waals surface area contributed by atoms with Gasteiger partial charge in [0.2, 0.25) is 0 Å². The van der Waals surface area contributed by atoms with Crippen LogP contribution in [0.3, 0.4) is 0 Å². The molecule has 0 radical (unpaired) electrons. The fourth-order valence-electron chi connectivity index (χ4n) is 3.89. The van der Waals surface area contributed by atoms with Gasteiger partial charge in [-0.15, -0.1) is 0 Å². The number of hydrogen-bond donors (Lipinski definition) is 1. The van der Waals surface area contributed by atoms with Gasteiger partial charge in [0.25, 0.3) is 0 Å². The highest BCUT2D eigenvalue weighted by molar-refractivity contribution is 6.02. The molecule has 0 saturated heterocycles.